The Bertz CT molecular complexity index is 1410. The van der Waals surface area contributed by atoms with Gasteiger partial charge < -0.3 is 4.57 Å². The number of benzene rings is 3. The van der Waals surface area contributed by atoms with Crippen LogP contribution in [-0.4, -0.2) is 15.6 Å². The van der Waals surface area contributed by atoms with Crippen LogP contribution in [0.15, 0.2) is 105 Å². The quantitative estimate of drug-likeness (QED) is 0.255. The van der Waals surface area contributed by atoms with Crippen molar-refractivity contribution in [3.63, 3.8) is 0 Å². The van der Waals surface area contributed by atoms with Crippen molar-refractivity contribution >= 4 is 56.2 Å². The van der Waals surface area contributed by atoms with Crippen LogP contribution in [0, 0.1) is 13.8 Å². The van der Waals surface area contributed by atoms with Crippen LogP contribution in [0.5, 0.6) is 0 Å². The largest absolute Gasteiger partial charge is 0.318 e. The summed E-state index contributed by atoms with van der Waals surface area (Å²) in [5.41, 5.74) is 5.92. The summed E-state index contributed by atoms with van der Waals surface area (Å²) in [5.74, 6) is -0.0701. The standard InChI is InChI=1S/C28H22BrN3OS/c1-19-17-21(20(2)31(19)25-15-13-22(29)14-16-25)18-26-27(33)32(24-11-7-4-8-12-24)28(34-26)30-23-9-5-3-6-10-23/h3-18H,1-2H3/b26-18-,30-28?. The minimum absolute atomic E-state index is 0.0701. The Morgan fingerprint density at radius 3 is 2.18 bits per heavy atom. The van der Waals surface area contributed by atoms with E-state index in [-0.39, 0.29) is 5.91 Å². The third-order valence-corrected chi connectivity index (χ3v) is 7.14. The van der Waals surface area contributed by atoms with Crippen molar-refractivity contribution in [2.75, 3.05) is 4.90 Å². The van der Waals surface area contributed by atoms with Crippen LogP contribution >= 0.6 is 27.7 Å². The molecule has 0 aliphatic carbocycles. The SMILES string of the molecule is Cc1cc(/C=C2\SC(=Nc3ccccc3)N(c3ccccc3)C2=O)c(C)n1-c1ccc(Br)cc1. The Morgan fingerprint density at radius 1 is 0.853 bits per heavy atom. The third-order valence-electron chi connectivity index (χ3n) is 5.64. The zero-order valence-electron chi connectivity index (χ0n) is 18.8. The highest BCUT2D eigenvalue weighted by molar-refractivity contribution is 9.10. The molecule has 0 bridgehead atoms. The van der Waals surface area contributed by atoms with Gasteiger partial charge in [-0.2, -0.15) is 0 Å². The fraction of sp³-hybridized carbons (Fsp3) is 0.0714. The highest BCUT2D eigenvalue weighted by Crippen LogP contribution is 2.38. The Balaban J connectivity index is 1.56. The van der Waals surface area contributed by atoms with Crippen molar-refractivity contribution < 1.29 is 4.79 Å². The van der Waals surface area contributed by atoms with E-state index in [0.29, 0.717) is 10.1 Å². The molecule has 0 saturated carbocycles. The number of hydrogen-bond donors (Lipinski definition) is 0. The van der Waals surface area contributed by atoms with Gasteiger partial charge in [-0.3, -0.25) is 9.69 Å². The van der Waals surface area contributed by atoms with Crippen molar-refractivity contribution in [3.05, 3.63) is 117 Å². The molecule has 34 heavy (non-hydrogen) atoms. The van der Waals surface area contributed by atoms with Gasteiger partial charge in [-0.25, -0.2) is 4.99 Å². The van der Waals surface area contributed by atoms with Crippen LogP contribution in [0.3, 0.4) is 0 Å². The van der Waals surface area contributed by atoms with Crippen LogP contribution in [0.25, 0.3) is 11.8 Å². The number of carbonyl (C=O) groups excluding carboxylic acids is 1. The molecule has 0 unspecified atom stereocenters. The molecular formula is C28H22BrN3OS. The van der Waals surface area contributed by atoms with Crippen molar-refractivity contribution in [2.45, 2.75) is 13.8 Å². The summed E-state index contributed by atoms with van der Waals surface area (Å²) in [5, 5.41) is 0.648. The second kappa shape index (κ2) is 9.49. The summed E-state index contributed by atoms with van der Waals surface area (Å²) in [6.45, 7) is 4.17. The number of halogens is 1. The number of aryl methyl sites for hydroxylation is 1. The first kappa shape index (κ1) is 22.4. The molecule has 4 nitrogen and oxygen atoms in total. The molecule has 5 rings (SSSR count). The molecule has 1 saturated heterocycles. The van der Waals surface area contributed by atoms with E-state index in [1.165, 1.54) is 11.8 Å². The minimum Gasteiger partial charge on any atom is -0.318 e. The number of thioether (sulfide) groups is 1. The van der Waals surface area contributed by atoms with Crippen molar-refractivity contribution in [2.24, 2.45) is 4.99 Å². The zero-order chi connectivity index (χ0) is 23.7. The average molecular weight is 528 g/mol. The van der Waals surface area contributed by atoms with E-state index in [9.17, 15) is 4.79 Å². The van der Waals surface area contributed by atoms with Gasteiger partial charge in [-0.05, 0) is 91.8 Å². The van der Waals surface area contributed by atoms with Crippen LogP contribution in [0.2, 0.25) is 0 Å². The predicted octanol–water partition coefficient (Wildman–Crippen LogP) is 7.67. The van der Waals surface area contributed by atoms with E-state index in [2.05, 4.69) is 52.5 Å². The summed E-state index contributed by atoms with van der Waals surface area (Å²) >= 11 is 4.91. The molecule has 0 atom stereocenters. The fourth-order valence-corrected chi connectivity index (χ4v) is 5.29. The van der Waals surface area contributed by atoms with Crippen LogP contribution < -0.4 is 4.90 Å². The first-order valence-electron chi connectivity index (χ1n) is 10.9. The first-order chi connectivity index (χ1) is 16.5. The normalized spacial score (nSPS) is 16.1. The molecule has 0 radical (unpaired) electrons. The zero-order valence-corrected chi connectivity index (χ0v) is 21.2. The lowest BCUT2D eigenvalue weighted by Crippen LogP contribution is -2.28. The lowest BCUT2D eigenvalue weighted by Gasteiger charge is -2.15. The molecule has 1 fully saturated rings. The molecule has 1 aromatic heterocycles. The Hall–Kier alpha value is -3.35. The van der Waals surface area contributed by atoms with E-state index in [0.717, 1.165) is 38.5 Å². The van der Waals surface area contributed by atoms with Crippen LogP contribution in [0.1, 0.15) is 17.0 Å². The Morgan fingerprint density at radius 2 is 1.50 bits per heavy atom. The molecule has 1 amide bonds. The monoisotopic (exact) mass is 527 g/mol. The highest BCUT2D eigenvalue weighted by atomic mass is 79.9. The lowest BCUT2D eigenvalue weighted by atomic mass is 10.2. The number of para-hydroxylation sites is 2. The summed E-state index contributed by atoms with van der Waals surface area (Å²) < 4.78 is 3.25. The van der Waals surface area contributed by atoms with E-state index < -0.39 is 0 Å². The Kier molecular flexibility index (Phi) is 6.26. The maximum absolute atomic E-state index is 13.6. The molecule has 0 N–H and O–H groups in total. The average Bonchev–Trinajstić information content (AvgIpc) is 3.30. The number of hydrogen-bond acceptors (Lipinski definition) is 3. The summed E-state index contributed by atoms with van der Waals surface area (Å²) in [4.78, 5) is 20.7. The molecule has 1 aliphatic heterocycles. The smallest absolute Gasteiger partial charge is 0.271 e. The van der Waals surface area contributed by atoms with E-state index in [4.69, 9.17) is 4.99 Å². The number of amidine groups is 1. The van der Waals surface area contributed by atoms with Gasteiger partial charge in [0, 0.05) is 21.5 Å². The molecule has 168 valence electrons. The number of carbonyl (C=O) groups is 1. The number of amides is 1. The van der Waals surface area contributed by atoms with E-state index >= 15 is 0 Å². The van der Waals surface area contributed by atoms with Crippen molar-refractivity contribution in [3.8, 4) is 5.69 Å². The topological polar surface area (TPSA) is 37.6 Å². The minimum atomic E-state index is -0.0701. The summed E-state index contributed by atoms with van der Waals surface area (Å²) in [6.07, 6.45) is 1.98. The van der Waals surface area contributed by atoms with E-state index in [1.807, 2.05) is 78.9 Å². The predicted molar refractivity (Wildman–Crippen MR) is 146 cm³/mol. The molecule has 1 aliphatic rings. The number of anilines is 1. The van der Waals surface area contributed by atoms with E-state index in [1.54, 1.807) is 4.90 Å². The van der Waals surface area contributed by atoms with Gasteiger partial charge in [0.15, 0.2) is 5.17 Å². The maximum atomic E-state index is 13.6. The molecule has 0 spiro atoms. The van der Waals surface area contributed by atoms with Crippen molar-refractivity contribution in [1.82, 2.24) is 4.57 Å². The molecular weight excluding hydrogens is 506 g/mol. The lowest BCUT2D eigenvalue weighted by molar-refractivity contribution is -0.113. The molecule has 3 aromatic carbocycles. The summed E-state index contributed by atoms with van der Waals surface area (Å²) in [7, 11) is 0. The van der Waals surface area contributed by atoms with Gasteiger partial charge in [0.05, 0.1) is 16.3 Å². The Labute approximate surface area is 211 Å². The number of nitrogens with zero attached hydrogens (tertiary/aromatic N) is 3. The number of rotatable bonds is 4. The first-order valence-corrected chi connectivity index (χ1v) is 12.5. The fourth-order valence-electron chi connectivity index (χ4n) is 4.03. The molecule has 6 heteroatoms. The van der Waals surface area contributed by atoms with Gasteiger partial charge in [-0.1, -0.05) is 52.3 Å². The summed E-state index contributed by atoms with van der Waals surface area (Å²) in [6, 6.07) is 29.8. The highest BCUT2D eigenvalue weighted by Gasteiger charge is 2.35. The van der Waals surface area contributed by atoms with Gasteiger partial charge in [-0.15, -0.1) is 0 Å². The molecule has 4 aromatic rings. The second-order valence-corrected chi connectivity index (χ2v) is 9.88. The van der Waals surface area contributed by atoms with Gasteiger partial charge in [0.25, 0.3) is 5.91 Å². The molecule has 2 heterocycles. The van der Waals surface area contributed by atoms with Gasteiger partial charge >= 0.3 is 0 Å². The second-order valence-electron chi connectivity index (χ2n) is 7.95. The number of aliphatic imine (C=N–C) groups is 1. The van der Waals surface area contributed by atoms with Crippen LogP contribution in [-0.2, 0) is 4.79 Å². The van der Waals surface area contributed by atoms with Gasteiger partial charge in [0.2, 0.25) is 0 Å². The third kappa shape index (κ3) is 4.39. The van der Waals surface area contributed by atoms with Crippen molar-refractivity contribution in [1.29, 1.82) is 0 Å². The van der Waals surface area contributed by atoms with Gasteiger partial charge in [0.1, 0.15) is 0 Å². The van der Waals surface area contributed by atoms with Crippen LogP contribution in [0.4, 0.5) is 11.4 Å². The number of aromatic nitrogens is 1. The maximum Gasteiger partial charge on any atom is 0.271 e.